The highest BCUT2D eigenvalue weighted by Gasteiger charge is 2.20. The van der Waals surface area contributed by atoms with E-state index < -0.39 is 0 Å². The van der Waals surface area contributed by atoms with Gasteiger partial charge in [-0.3, -0.25) is 4.84 Å². The number of nitrogens with zero attached hydrogens (tertiary/aromatic N) is 2. The second-order valence-electron chi connectivity index (χ2n) is 8.87. The van der Waals surface area contributed by atoms with Gasteiger partial charge in [-0.2, -0.15) is 9.44 Å². The summed E-state index contributed by atoms with van der Waals surface area (Å²) in [4.78, 5) is 22.8. The first-order chi connectivity index (χ1) is 19.6. The molecule has 40 heavy (non-hydrogen) atoms. The van der Waals surface area contributed by atoms with Gasteiger partial charge in [0.25, 0.3) is 0 Å². The summed E-state index contributed by atoms with van der Waals surface area (Å²) in [5.41, 5.74) is 5.37. The molecule has 0 saturated heterocycles. The Bertz CT molecular complexity index is 1570. The first-order valence-corrected chi connectivity index (χ1v) is 13.4. The molecule has 5 rings (SSSR count). The number of urea groups is 1. The fourth-order valence-electron chi connectivity index (χ4n) is 4.61. The maximum atomic E-state index is 13.1. The number of ether oxygens (including phenoxy) is 3. The number of H-pyrrole nitrogens is 1. The Morgan fingerprint density at radius 2 is 1.70 bits per heavy atom. The molecule has 0 saturated carbocycles. The second kappa shape index (κ2) is 12.1. The summed E-state index contributed by atoms with van der Waals surface area (Å²) >= 11 is 1.36. The largest absolute Gasteiger partial charge is 0.493 e. The molecule has 0 bridgehead atoms. The third-order valence-electron chi connectivity index (χ3n) is 6.51. The normalized spacial score (nSPS) is 10.9. The third-order valence-corrected chi connectivity index (χ3v) is 7.36. The average molecular weight is 559 g/mol. The number of benzene rings is 3. The summed E-state index contributed by atoms with van der Waals surface area (Å²) < 4.78 is 21.0. The topological polar surface area (TPSA) is 97.9 Å². The number of carbonyl (C=O) groups excluding carboxylic acids is 1. The van der Waals surface area contributed by atoms with Gasteiger partial charge in [0.05, 0.1) is 39.0 Å². The van der Waals surface area contributed by atoms with Crippen LogP contribution in [0.2, 0.25) is 0 Å². The standard InChI is InChI=1S/C30H30N4O5S/c1-36-26-16-21(17-27(37-2)28(26)38-3)29-24(18-32-40-29)19-9-7-10-23(15-19)34(39-4)30(35)31-13-12-22-14-20-8-5-6-11-25(20)33-22/h5-11,14-18,33H,12-13H2,1-4H3,(H,31,35). The number of anilines is 1. The molecule has 2 N–H and O–H groups in total. The van der Waals surface area contributed by atoms with Gasteiger partial charge in [-0.15, -0.1) is 0 Å². The lowest BCUT2D eigenvalue weighted by Gasteiger charge is -2.21. The van der Waals surface area contributed by atoms with Crippen LogP contribution in [0, 0.1) is 0 Å². The van der Waals surface area contributed by atoms with Gasteiger partial charge in [0.1, 0.15) is 0 Å². The van der Waals surface area contributed by atoms with Crippen molar-refractivity contribution in [3.8, 4) is 38.8 Å². The van der Waals surface area contributed by atoms with Crippen molar-refractivity contribution < 1.29 is 23.8 Å². The first kappa shape index (κ1) is 27.0. The minimum atomic E-state index is -0.357. The molecule has 3 aromatic carbocycles. The number of methoxy groups -OCH3 is 3. The van der Waals surface area contributed by atoms with Crippen LogP contribution in [0.25, 0.3) is 32.5 Å². The number of aromatic amines is 1. The van der Waals surface area contributed by atoms with Crippen LogP contribution in [0.3, 0.4) is 0 Å². The summed E-state index contributed by atoms with van der Waals surface area (Å²) in [6.07, 6.45) is 2.47. The number of amides is 2. The van der Waals surface area contributed by atoms with Crippen LogP contribution in [0.5, 0.6) is 17.2 Å². The number of aromatic nitrogens is 2. The van der Waals surface area contributed by atoms with Gasteiger partial charge in [0, 0.05) is 41.5 Å². The zero-order valence-corrected chi connectivity index (χ0v) is 23.5. The number of nitrogens with one attached hydrogen (secondary N) is 2. The van der Waals surface area contributed by atoms with Gasteiger partial charge in [0.15, 0.2) is 11.5 Å². The molecule has 2 amide bonds. The van der Waals surface area contributed by atoms with Crippen molar-refractivity contribution in [2.45, 2.75) is 6.42 Å². The third kappa shape index (κ3) is 5.45. The number of hydroxylamine groups is 1. The Balaban J connectivity index is 1.35. The smallest absolute Gasteiger partial charge is 0.346 e. The van der Waals surface area contributed by atoms with Gasteiger partial charge in [0.2, 0.25) is 5.75 Å². The second-order valence-corrected chi connectivity index (χ2v) is 9.68. The molecule has 0 radical (unpaired) electrons. The minimum Gasteiger partial charge on any atom is -0.493 e. The molecule has 2 aromatic heterocycles. The lowest BCUT2D eigenvalue weighted by molar-refractivity contribution is 0.163. The van der Waals surface area contributed by atoms with Crippen molar-refractivity contribution >= 4 is 34.2 Å². The van der Waals surface area contributed by atoms with E-state index in [9.17, 15) is 4.79 Å². The van der Waals surface area contributed by atoms with E-state index in [0.717, 1.165) is 38.2 Å². The van der Waals surface area contributed by atoms with Gasteiger partial charge in [-0.25, -0.2) is 4.79 Å². The molecule has 10 heteroatoms. The van der Waals surface area contributed by atoms with Crippen molar-refractivity contribution in [1.29, 1.82) is 0 Å². The van der Waals surface area contributed by atoms with Crippen molar-refractivity contribution in [3.63, 3.8) is 0 Å². The van der Waals surface area contributed by atoms with Crippen LogP contribution in [-0.2, 0) is 11.3 Å². The highest BCUT2D eigenvalue weighted by Crippen LogP contribution is 2.44. The Morgan fingerprint density at radius 1 is 0.925 bits per heavy atom. The van der Waals surface area contributed by atoms with Crippen molar-refractivity contribution in [1.82, 2.24) is 14.7 Å². The fraction of sp³-hybridized carbons (Fsp3) is 0.200. The van der Waals surface area contributed by atoms with E-state index in [0.29, 0.717) is 35.9 Å². The number of para-hydroxylation sites is 1. The molecule has 0 fully saturated rings. The van der Waals surface area contributed by atoms with Crippen LogP contribution in [0.1, 0.15) is 5.69 Å². The SMILES string of the molecule is COc1cc(-c2sncc2-c2cccc(N(OC)C(=O)NCCc3cc4ccccc4[nH]3)c2)cc(OC)c1OC. The van der Waals surface area contributed by atoms with Crippen LogP contribution in [0.4, 0.5) is 10.5 Å². The zero-order valence-electron chi connectivity index (χ0n) is 22.7. The Hall–Kier alpha value is -4.54. The highest BCUT2D eigenvalue weighted by atomic mass is 32.1. The molecule has 0 spiro atoms. The van der Waals surface area contributed by atoms with Crippen LogP contribution < -0.4 is 24.6 Å². The van der Waals surface area contributed by atoms with E-state index >= 15 is 0 Å². The number of carbonyl (C=O) groups is 1. The monoisotopic (exact) mass is 558 g/mol. The maximum Gasteiger partial charge on any atom is 0.346 e. The lowest BCUT2D eigenvalue weighted by atomic mass is 10.0. The van der Waals surface area contributed by atoms with Crippen molar-refractivity contribution in [3.05, 3.63) is 78.6 Å². The first-order valence-electron chi connectivity index (χ1n) is 12.6. The van der Waals surface area contributed by atoms with E-state index in [1.54, 1.807) is 27.5 Å². The zero-order chi connectivity index (χ0) is 28.1. The van der Waals surface area contributed by atoms with Gasteiger partial charge >= 0.3 is 6.03 Å². The number of hydrogen-bond acceptors (Lipinski definition) is 7. The van der Waals surface area contributed by atoms with Crippen LogP contribution in [-0.4, -0.2) is 50.4 Å². The quantitative estimate of drug-likeness (QED) is 0.195. The highest BCUT2D eigenvalue weighted by molar-refractivity contribution is 7.10. The summed E-state index contributed by atoms with van der Waals surface area (Å²) in [6.45, 7) is 0.449. The predicted molar refractivity (Wildman–Crippen MR) is 158 cm³/mol. The van der Waals surface area contributed by atoms with Crippen molar-refractivity contribution in [2.75, 3.05) is 40.0 Å². The Kier molecular flexibility index (Phi) is 8.18. The molecule has 0 aliphatic rings. The fourth-order valence-corrected chi connectivity index (χ4v) is 5.37. The molecule has 5 aromatic rings. The van der Waals surface area contributed by atoms with Gasteiger partial charge in [-0.05, 0) is 58.9 Å². The number of rotatable bonds is 10. The Morgan fingerprint density at radius 3 is 2.40 bits per heavy atom. The molecule has 0 unspecified atom stereocenters. The van der Waals surface area contributed by atoms with Crippen LogP contribution in [0.15, 0.2) is 72.9 Å². The molecule has 0 aliphatic heterocycles. The van der Waals surface area contributed by atoms with Gasteiger partial charge in [-0.1, -0.05) is 30.3 Å². The van der Waals surface area contributed by atoms with E-state index in [1.165, 1.54) is 23.7 Å². The van der Waals surface area contributed by atoms with E-state index in [-0.39, 0.29) is 6.03 Å². The molecule has 0 aliphatic carbocycles. The number of hydrogen-bond donors (Lipinski definition) is 2. The molecule has 9 nitrogen and oxygen atoms in total. The number of fused-ring (bicyclic) bond motifs is 1. The lowest BCUT2D eigenvalue weighted by Crippen LogP contribution is -2.40. The van der Waals surface area contributed by atoms with Gasteiger partial charge < -0.3 is 24.5 Å². The molecule has 206 valence electrons. The molecular formula is C30H30N4O5S. The van der Waals surface area contributed by atoms with E-state index in [2.05, 4.69) is 26.8 Å². The van der Waals surface area contributed by atoms with E-state index in [4.69, 9.17) is 19.0 Å². The Labute approximate surface area is 236 Å². The summed E-state index contributed by atoms with van der Waals surface area (Å²) in [5, 5.41) is 5.33. The molecular weight excluding hydrogens is 528 g/mol. The maximum absolute atomic E-state index is 13.1. The molecule has 2 heterocycles. The van der Waals surface area contributed by atoms with E-state index in [1.807, 2.05) is 54.6 Å². The van der Waals surface area contributed by atoms with Crippen molar-refractivity contribution in [2.24, 2.45) is 0 Å². The predicted octanol–water partition coefficient (Wildman–Crippen LogP) is 6.30. The summed E-state index contributed by atoms with van der Waals surface area (Å²) in [5.74, 6) is 1.63. The summed E-state index contributed by atoms with van der Waals surface area (Å²) in [7, 11) is 6.21. The van der Waals surface area contributed by atoms with Crippen LogP contribution >= 0.6 is 11.5 Å². The minimum absolute atomic E-state index is 0.357. The average Bonchev–Trinajstić information content (AvgIpc) is 3.64. The molecule has 0 atom stereocenters. The summed E-state index contributed by atoms with van der Waals surface area (Å²) in [6, 6.07) is 21.2.